The standard InChI is InChI=1S/C13H29N5/c1-4-9-18(11-10-17(2)3)13(16-14)15-12-7-5-6-8-12/h12H,4-11,14H2,1-3H3,(H,15,16). The zero-order chi connectivity index (χ0) is 13.4. The normalized spacial score (nSPS) is 17.5. The summed E-state index contributed by atoms with van der Waals surface area (Å²) in [5.74, 6) is 6.52. The molecule has 5 nitrogen and oxygen atoms in total. The summed E-state index contributed by atoms with van der Waals surface area (Å²) in [4.78, 5) is 9.23. The van der Waals surface area contributed by atoms with Crippen LogP contribution in [-0.4, -0.2) is 55.5 Å². The molecule has 1 fully saturated rings. The second-order valence-electron chi connectivity index (χ2n) is 5.33. The Hall–Kier alpha value is -0.810. The Morgan fingerprint density at radius 1 is 1.22 bits per heavy atom. The summed E-state index contributed by atoms with van der Waals surface area (Å²) in [6.07, 6.45) is 6.13. The minimum Gasteiger partial charge on any atom is -0.341 e. The first kappa shape index (κ1) is 15.2. The molecular weight excluding hydrogens is 226 g/mol. The van der Waals surface area contributed by atoms with Crippen molar-refractivity contribution in [1.29, 1.82) is 0 Å². The number of hydrazine groups is 1. The second kappa shape index (κ2) is 8.32. The number of hydrogen-bond donors (Lipinski definition) is 2. The fourth-order valence-corrected chi connectivity index (χ4v) is 2.33. The van der Waals surface area contributed by atoms with E-state index in [-0.39, 0.29) is 0 Å². The largest absolute Gasteiger partial charge is 0.341 e. The van der Waals surface area contributed by atoms with Crippen LogP contribution in [0.4, 0.5) is 0 Å². The molecule has 0 unspecified atom stereocenters. The maximum atomic E-state index is 5.65. The molecule has 0 bridgehead atoms. The molecule has 0 aromatic carbocycles. The maximum Gasteiger partial charge on any atom is 0.208 e. The SMILES string of the molecule is CCCN(CCN(C)C)C(=NC1CCCC1)NN. The number of aliphatic imine (C=N–C) groups is 1. The van der Waals surface area contributed by atoms with Crippen LogP contribution >= 0.6 is 0 Å². The first-order chi connectivity index (χ1) is 8.67. The van der Waals surface area contributed by atoms with E-state index in [1.54, 1.807) is 0 Å². The molecule has 0 spiro atoms. The summed E-state index contributed by atoms with van der Waals surface area (Å²) < 4.78 is 0. The summed E-state index contributed by atoms with van der Waals surface area (Å²) in [5.41, 5.74) is 2.79. The molecule has 1 rings (SSSR count). The van der Waals surface area contributed by atoms with Gasteiger partial charge in [-0.05, 0) is 33.4 Å². The lowest BCUT2D eigenvalue weighted by atomic mass is 10.3. The average molecular weight is 255 g/mol. The topological polar surface area (TPSA) is 56.9 Å². The molecule has 0 atom stereocenters. The third-order valence-corrected chi connectivity index (χ3v) is 3.37. The van der Waals surface area contributed by atoms with Crippen molar-refractivity contribution in [1.82, 2.24) is 15.2 Å². The van der Waals surface area contributed by atoms with Gasteiger partial charge in [0.05, 0.1) is 6.04 Å². The van der Waals surface area contributed by atoms with Gasteiger partial charge < -0.3 is 9.80 Å². The van der Waals surface area contributed by atoms with E-state index in [4.69, 9.17) is 10.8 Å². The lowest BCUT2D eigenvalue weighted by Gasteiger charge is -2.27. The molecule has 18 heavy (non-hydrogen) atoms. The van der Waals surface area contributed by atoms with E-state index >= 15 is 0 Å². The van der Waals surface area contributed by atoms with Crippen LogP contribution in [0.15, 0.2) is 4.99 Å². The number of hydrogen-bond acceptors (Lipinski definition) is 3. The van der Waals surface area contributed by atoms with Gasteiger partial charge in [-0.1, -0.05) is 19.8 Å². The first-order valence-corrected chi connectivity index (χ1v) is 7.11. The van der Waals surface area contributed by atoms with Crippen LogP contribution in [0.5, 0.6) is 0 Å². The van der Waals surface area contributed by atoms with Gasteiger partial charge in [-0.25, -0.2) is 10.8 Å². The Balaban J connectivity index is 2.59. The molecule has 1 saturated carbocycles. The van der Waals surface area contributed by atoms with Crippen molar-refractivity contribution in [2.24, 2.45) is 10.8 Å². The van der Waals surface area contributed by atoms with Crippen LogP contribution < -0.4 is 11.3 Å². The third kappa shape index (κ3) is 5.23. The van der Waals surface area contributed by atoms with Crippen molar-refractivity contribution in [3.8, 4) is 0 Å². The summed E-state index contributed by atoms with van der Waals surface area (Å²) in [6.45, 7) is 5.18. The van der Waals surface area contributed by atoms with Crippen LogP contribution in [0.2, 0.25) is 0 Å². The first-order valence-electron chi connectivity index (χ1n) is 7.11. The Bertz CT molecular complexity index is 246. The number of nitrogens with one attached hydrogen (secondary N) is 1. The van der Waals surface area contributed by atoms with Crippen molar-refractivity contribution in [2.75, 3.05) is 33.7 Å². The van der Waals surface area contributed by atoms with Gasteiger partial charge in [0, 0.05) is 19.6 Å². The van der Waals surface area contributed by atoms with Crippen LogP contribution in [0.1, 0.15) is 39.0 Å². The minimum absolute atomic E-state index is 0.467. The molecule has 0 aliphatic heterocycles. The number of rotatable bonds is 6. The molecule has 0 radical (unpaired) electrons. The molecule has 0 saturated heterocycles. The minimum atomic E-state index is 0.467. The highest BCUT2D eigenvalue weighted by Crippen LogP contribution is 2.21. The molecule has 1 aliphatic carbocycles. The van der Waals surface area contributed by atoms with Gasteiger partial charge in [-0.2, -0.15) is 0 Å². The quantitative estimate of drug-likeness (QED) is 0.322. The number of likely N-dealkylation sites (N-methyl/N-ethyl adjacent to an activating group) is 1. The summed E-state index contributed by atoms with van der Waals surface area (Å²) >= 11 is 0. The highest BCUT2D eigenvalue weighted by molar-refractivity contribution is 5.79. The summed E-state index contributed by atoms with van der Waals surface area (Å²) in [7, 11) is 4.18. The monoisotopic (exact) mass is 255 g/mol. The molecule has 5 heteroatoms. The van der Waals surface area contributed by atoms with E-state index in [0.717, 1.165) is 32.0 Å². The van der Waals surface area contributed by atoms with Crippen LogP contribution in [-0.2, 0) is 0 Å². The lowest BCUT2D eigenvalue weighted by molar-refractivity contribution is 0.321. The molecular formula is C13H29N5. The van der Waals surface area contributed by atoms with Crippen LogP contribution in [0.25, 0.3) is 0 Å². The predicted molar refractivity (Wildman–Crippen MR) is 77.4 cm³/mol. The number of nitrogens with two attached hydrogens (primary N) is 1. The predicted octanol–water partition coefficient (Wildman–Crippen LogP) is 1.02. The van der Waals surface area contributed by atoms with E-state index in [9.17, 15) is 0 Å². The van der Waals surface area contributed by atoms with Gasteiger partial charge in [-0.15, -0.1) is 0 Å². The molecule has 1 aliphatic rings. The van der Waals surface area contributed by atoms with Gasteiger partial charge in [0.25, 0.3) is 0 Å². The molecule has 0 aromatic rings. The zero-order valence-electron chi connectivity index (χ0n) is 12.2. The lowest BCUT2D eigenvalue weighted by Crippen LogP contribution is -2.47. The average Bonchev–Trinajstić information content (AvgIpc) is 2.84. The Morgan fingerprint density at radius 2 is 1.89 bits per heavy atom. The fraction of sp³-hybridized carbons (Fsp3) is 0.923. The number of nitrogens with zero attached hydrogens (tertiary/aromatic N) is 3. The van der Waals surface area contributed by atoms with Crippen LogP contribution in [0.3, 0.4) is 0 Å². The zero-order valence-corrected chi connectivity index (χ0v) is 12.2. The van der Waals surface area contributed by atoms with Gasteiger partial charge in [0.15, 0.2) is 0 Å². The van der Waals surface area contributed by atoms with Gasteiger partial charge in [-0.3, -0.25) is 5.43 Å². The Kier molecular flexibility index (Phi) is 7.05. The molecule has 3 N–H and O–H groups in total. The second-order valence-corrected chi connectivity index (χ2v) is 5.33. The molecule has 0 aromatic heterocycles. The Labute approximate surface area is 111 Å². The van der Waals surface area contributed by atoms with Gasteiger partial charge in [0.2, 0.25) is 5.96 Å². The summed E-state index contributed by atoms with van der Waals surface area (Å²) in [6, 6.07) is 0.467. The van der Waals surface area contributed by atoms with E-state index in [1.165, 1.54) is 25.7 Å². The maximum absolute atomic E-state index is 5.65. The number of guanidine groups is 1. The van der Waals surface area contributed by atoms with E-state index in [2.05, 4.69) is 36.2 Å². The van der Waals surface area contributed by atoms with Crippen molar-refractivity contribution in [2.45, 2.75) is 45.1 Å². The third-order valence-electron chi connectivity index (χ3n) is 3.37. The van der Waals surface area contributed by atoms with Crippen molar-refractivity contribution in [3.05, 3.63) is 0 Å². The van der Waals surface area contributed by atoms with E-state index < -0.39 is 0 Å². The van der Waals surface area contributed by atoms with Crippen LogP contribution in [0, 0.1) is 0 Å². The molecule has 0 heterocycles. The smallest absolute Gasteiger partial charge is 0.208 e. The van der Waals surface area contributed by atoms with Crippen molar-refractivity contribution in [3.63, 3.8) is 0 Å². The molecule has 0 amide bonds. The van der Waals surface area contributed by atoms with Gasteiger partial charge >= 0.3 is 0 Å². The van der Waals surface area contributed by atoms with E-state index in [1.807, 2.05) is 0 Å². The van der Waals surface area contributed by atoms with Crippen molar-refractivity contribution < 1.29 is 0 Å². The highest BCUT2D eigenvalue weighted by Gasteiger charge is 2.17. The molecule has 106 valence electrons. The highest BCUT2D eigenvalue weighted by atomic mass is 15.4. The van der Waals surface area contributed by atoms with Crippen molar-refractivity contribution >= 4 is 5.96 Å². The Morgan fingerprint density at radius 3 is 2.39 bits per heavy atom. The summed E-state index contributed by atoms with van der Waals surface area (Å²) in [5, 5.41) is 0. The van der Waals surface area contributed by atoms with Gasteiger partial charge in [0.1, 0.15) is 0 Å². The fourth-order valence-electron chi connectivity index (χ4n) is 2.33. The van der Waals surface area contributed by atoms with E-state index in [0.29, 0.717) is 6.04 Å².